The molecule has 0 amide bonds. The summed E-state index contributed by atoms with van der Waals surface area (Å²) in [7, 11) is 0. The Morgan fingerprint density at radius 2 is 1.02 bits per heavy atom. The molecule has 0 unspecified atom stereocenters. The van der Waals surface area contributed by atoms with E-state index < -0.39 is 0 Å². The van der Waals surface area contributed by atoms with Gasteiger partial charge in [-0.1, -0.05) is 133 Å². The topological polar surface area (TPSA) is 9.86 Å². The van der Waals surface area contributed by atoms with Crippen LogP contribution in [0.15, 0.2) is 192 Å². The summed E-state index contributed by atoms with van der Waals surface area (Å²) >= 11 is 1.89. The molecule has 246 valence electrons. The third-order valence-corrected chi connectivity index (χ3v) is 12.4. The molecule has 0 saturated carbocycles. The predicted molar refractivity (Wildman–Crippen MR) is 225 cm³/mol. The summed E-state index contributed by atoms with van der Waals surface area (Å²) in [5.41, 5.74) is 12.3. The molecular weight excluding hydrogens is 661 g/mol. The molecule has 2 aromatic heterocycles. The third kappa shape index (κ3) is 4.11. The minimum Gasteiger partial charge on any atom is -0.309 e. The fourth-order valence-corrected chi connectivity index (χ4v) is 10.2. The molecule has 0 atom stereocenters. The zero-order valence-corrected chi connectivity index (χ0v) is 29.4. The summed E-state index contributed by atoms with van der Waals surface area (Å²) in [5, 5.41) is 10.3. The maximum Gasteiger partial charge on any atom is 0.0558 e. The van der Waals surface area contributed by atoms with E-state index in [1.54, 1.807) is 0 Å². The number of hydrogen-bond donors (Lipinski definition) is 0. The van der Waals surface area contributed by atoms with Gasteiger partial charge in [0.25, 0.3) is 0 Å². The summed E-state index contributed by atoms with van der Waals surface area (Å²) in [6.07, 6.45) is 0. The Morgan fingerprint density at radius 1 is 0.321 bits per heavy atom. The van der Waals surface area contributed by atoms with Crippen molar-refractivity contribution >= 4 is 76.9 Å². The first-order chi connectivity index (χ1) is 26.3. The van der Waals surface area contributed by atoms with Crippen LogP contribution >= 0.6 is 11.8 Å². The average Bonchev–Trinajstić information content (AvgIpc) is 3.74. The molecular formula is C50H30N2S. The van der Waals surface area contributed by atoms with Gasteiger partial charge >= 0.3 is 0 Å². The van der Waals surface area contributed by atoms with Crippen molar-refractivity contribution < 1.29 is 0 Å². The SMILES string of the molecule is c1ccc(-n2c3ccc(-c4cccc5c4c4ccccc4n5-c4ccc5ccccc5c4)cc3c3c4cccc5c4c(cc32)Sc2ccccc2-5)cc1. The monoisotopic (exact) mass is 690 g/mol. The van der Waals surface area contributed by atoms with Gasteiger partial charge in [-0.3, -0.25) is 0 Å². The first-order valence-electron chi connectivity index (χ1n) is 18.2. The summed E-state index contributed by atoms with van der Waals surface area (Å²) < 4.78 is 4.90. The van der Waals surface area contributed by atoms with E-state index in [0.29, 0.717) is 0 Å². The van der Waals surface area contributed by atoms with E-state index in [4.69, 9.17) is 0 Å². The zero-order chi connectivity index (χ0) is 34.6. The Kier molecular flexibility index (Phi) is 6.02. The Hall–Kier alpha value is -6.55. The van der Waals surface area contributed by atoms with E-state index in [-0.39, 0.29) is 0 Å². The van der Waals surface area contributed by atoms with E-state index in [9.17, 15) is 0 Å². The molecule has 0 aliphatic carbocycles. The Bertz CT molecular complexity index is 3310. The van der Waals surface area contributed by atoms with Gasteiger partial charge in [-0.2, -0.15) is 0 Å². The maximum absolute atomic E-state index is 2.46. The lowest BCUT2D eigenvalue weighted by atomic mass is 9.94. The van der Waals surface area contributed by atoms with Crippen molar-refractivity contribution in [3.8, 4) is 33.6 Å². The second-order valence-corrected chi connectivity index (χ2v) is 15.2. The number of benzene rings is 9. The van der Waals surface area contributed by atoms with Crippen LogP contribution in [-0.4, -0.2) is 9.13 Å². The highest BCUT2D eigenvalue weighted by molar-refractivity contribution is 7.99. The Balaban J connectivity index is 1.17. The van der Waals surface area contributed by atoms with E-state index in [1.807, 2.05) is 11.8 Å². The second kappa shape index (κ2) is 11.0. The van der Waals surface area contributed by atoms with Crippen LogP contribution in [-0.2, 0) is 0 Å². The molecule has 9 aromatic carbocycles. The van der Waals surface area contributed by atoms with Crippen LogP contribution < -0.4 is 0 Å². The number of nitrogens with zero attached hydrogens (tertiary/aromatic N) is 2. The number of fused-ring (bicyclic) bond motifs is 10. The lowest BCUT2D eigenvalue weighted by Crippen LogP contribution is -1.96. The van der Waals surface area contributed by atoms with E-state index >= 15 is 0 Å². The fourth-order valence-electron chi connectivity index (χ4n) is 9.03. The number of para-hydroxylation sites is 2. The Morgan fingerprint density at radius 3 is 1.96 bits per heavy atom. The van der Waals surface area contributed by atoms with Gasteiger partial charge in [0.2, 0.25) is 0 Å². The van der Waals surface area contributed by atoms with Gasteiger partial charge in [0, 0.05) is 48.1 Å². The van der Waals surface area contributed by atoms with Gasteiger partial charge in [-0.25, -0.2) is 0 Å². The second-order valence-electron chi connectivity index (χ2n) is 14.1. The fraction of sp³-hybridized carbons (Fsp3) is 0. The Labute approximate surface area is 310 Å². The zero-order valence-electron chi connectivity index (χ0n) is 28.6. The highest BCUT2D eigenvalue weighted by Crippen LogP contribution is 2.51. The molecule has 1 aliphatic heterocycles. The van der Waals surface area contributed by atoms with Gasteiger partial charge in [-0.15, -0.1) is 0 Å². The number of hydrogen-bond acceptors (Lipinski definition) is 1. The minimum absolute atomic E-state index is 1.17. The molecule has 3 heteroatoms. The molecule has 0 fully saturated rings. The highest BCUT2D eigenvalue weighted by Gasteiger charge is 2.24. The summed E-state index contributed by atoms with van der Waals surface area (Å²) in [6.45, 7) is 0. The van der Waals surface area contributed by atoms with Crippen LogP contribution in [0.25, 0.3) is 98.8 Å². The molecule has 0 saturated heterocycles. The van der Waals surface area contributed by atoms with Crippen molar-refractivity contribution in [1.29, 1.82) is 0 Å². The van der Waals surface area contributed by atoms with Gasteiger partial charge in [-0.05, 0) is 99.1 Å². The minimum atomic E-state index is 1.17. The van der Waals surface area contributed by atoms with Crippen LogP contribution in [0, 0.1) is 0 Å². The number of aromatic nitrogens is 2. The van der Waals surface area contributed by atoms with Crippen LogP contribution in [0.2, 0.25) is 0 Å². The quantitative estimate of drug-likeness (QED) is 0.179. The van der Waals surface area contributed by atoms with Gasteiger partial charge in [0.15, 0.2) is 0 Å². The molecule has 0 radical (unpaired) electrons. The van der Waals surface area contributed by atoms with Gasteiger partial charge < -0.3 is 9.13 Å². The largest absolute Gasteiger partial charge is 0.309 e. The standard InChI is InChI=1S/C50H30N2S/c1-2-14-34(15-3-1)51-43-27-25-33(29-41(43)49-40-20-10-19-38-37-16-7-9-23-46(37)53-47(50(38)40)30-45(49)51)36-18-11-22-44-48(36)39-17-6-8-21-42(39)52(44)35-26-24-31-12-4-5-13-32(31)28-35/h1-30H. The molecule has 0 bridgehead atoms. The van der Waals surface area contributed by atoms with Crippen molar-refractivity contribution in [2.75, 3.05) is 0 Å². The molecule has 0 N–H and O–H groups in total. The molecule has 2 nitrogen and oxygen atoms in total. The smallest absolute Gasteiger partial charge is 0.0558 e. The first-order valence-corrected chi connectivity index (χ1v) is 19.0. The number of rotatable bonds is 3. The molecule has 3 heterocycles. The van der Waals surface area contributed by atoms with E-state index in [2.05, 4.69) is 191 Å². The van der Waals surface area contributed by atoms with Crippen LogP contribution in [0.4, 0.5) is 0 Å². The predicted octanol–water partition coefficient (Wildman–Crippen LogP) is 14.0. The first kappa shape index (κ1) is 29.1. The van der Waals surface area contributed by atoms with E-state index in [1.165, 1.54) is 109 Å². The van der Waals surface area contributed by atoms with Gasteiger partial charge in [0.05, 0.1) is 22.1 Å². The van der Waals surface area contributed by atoms with Gasteiger partial charge in [0.1, 0.15) is 0 Å². The molecule has 0 spiro atoms. The molecule has 53 heavy (non-hydrogen) atoms. The van der Waals surface area contributed by atoms with Crippen LogP contribution in [0.1, 0.15) is 0 Å². The van der Waals surface area contributed by atoms with Crippen LogP contribution in [0.3, 0.4) is 0 Å². The van der Waals surface area contributed by atoms with Crippen molar-refractivity contribution in [2.24, 2.45) is 0 Å². The van der Waals surface area contributed by atoms with E-state index in [0.717, 1.165) is 0 Å². The van der Waals surface area contributed by atoms with Crippen molar-refractivity contribution in [2.45, 2.75) is 9.79 Å². The molecule has 11 aromatic rings. The lowest BCUT2D eigenvalue weighted by molar-refractivity contribution is 1.18. The van der Waals surface area contributed by atoms with Crippen LogP contribution in [0.5, 0.6) is 0 Å². The molecule has 12 rings (SSSR count). The summed E-state index contributed by atoms with van der Waals surface area (Å²) in [6, 6.07) is 67.2. The summed E-state index contributed by atoms with van der Waals surface area (Å²) in [5.74, 6) is 0. The van der Waals surface area contributed by atoms with Crippen molar-refractivity contribution in [3.63, 3.8) is 0 Å². The highest BCUT2D eigenvalue weighted by atomic mass is 32.2. The third-order valence-electron chi connectivity index (χ3n) is 11.3. The molecule has 1 aliphatic rings. The maximum atomic E-state index is 2.46. The normalized spacial score (nSPS) is 12.5. The van der Waals surface area contributed by atoms with Crippen molar-refractivity contribution in [3.05, 3.63) is 182 Å². The summed E-state index contributed by atoms with van der Waals surface area (Å²) in [4.78, 5) is 2.63. The van der Waals surface area contributed by atoms with Crippen molar-refractivity contribution in [1.82, 2.24) is 9.13 Å². The average molecular weight is 691 g/mol. The lowest BCUT2D eigenvalue weighted by Gasteiger charge is -2.21.